The maximum Gasteiger partial charge on any atom is 0.320 e. The first kappa shape index (κ1) is 17.2. The van der Waals surface area contributed by atoms with Crippen molar-refractivity contribution in [3.05, 3.63) is 24.8 Å². The monoisotopic (exact) mass is 272 g/mol. The second-order valence-electron chi connectivity index (χ2n) is 5.12. The van der Waals surface area contributed by atoms with Crippen molar-refractivity contribution in [2.75, 3.05) is 12.5 Å². The molecule has 0 radical (unpaired) electrons. The largest absolute Gasteiger partial charge is 0.464 e. The van der Waals surface area contributed by atoms with Crippen LogP contribution in [0.5, 0.6) is 0 Å². The average Bonchev–Trinajstić information content (AvgIpc) is 2.31. The molecule has 0 bridgehead atoms. The molecule has 18 heavy (non-hydrogen) atoms. The van der Waals surface area contributed by atoms with Gasteiger partial charge in [-0.1, -0.05) is 25.5 Å². The average molecular weight is 273 g/mol. The molecular weight excluding hydrogens is 248 g/mol. The highest BCUT2D eigenvalue weighted by atomic mass is 35.5. The van der Waals surface area contributed by atoms with Crippen molar-refractivity contribution in [2.24, 2.45) is 17.8 Å². The van der Waals surface area contributed by atoms with Gasteiger partial charge in [0.2, 0.25) is 0 Å². The SMILES string of the molecule is C=C[C@@H](CCC(=C)C)[C@@H](COC(=O)CCl)C(C)C. The quantitative estimate of drug-likeness (QED) is 0.357. The van der Waals surface area contributed by atoms with Gasteiger partial charge in [0, 0.05) is 5.92 Å². The predicted molar refractivity (Wildman–Crippen MR) is 77.7 cm³/mol. The van der Waals surface area contributed by atoms with Crippen molar-refractivity contribution >= 4 is 17.6 Å². The van der Waals surface area contributed by atoms with E-state index in [9.17, 15) is 4.79 Å². The first-order valence-electron chi connectivity index (χ1n) is 6.40. The third-order valence-corrected chi connectivity index (χ3v) is 3.38. The van der Waals surface area contributed by atoms with E-state index in [0.717, 1.165) is 12.8 Å². The lowest BCUT2D eigenvalue weighted by atomic mass is 9.81. The van der Waals surface area contributed by atoms with Crippen LogP contribution in [0.1, 0.15) is 33.6 Å². The molecule has 0 aromatic carbocycles. The molecule has 2 nitrogen and oxygen atoms in total. The number of ether oxygens (including phenoxy) is 1. The fourth-order valence-corrected chi connectivity index (χ4v) is 2.04. The van der Waals surface area contributed by atoms with E-state index in [1.165, 1.54) is 5.57 Å². The third kappa shape index (κ3) is 6.85. The molecular formula is C15H25ClO2. The normalized spacial score (nSPS) is 14.1. The zero-order valence-electron chi connectivity index (χ0n) is 11.7. The molecule has 0 fully saturated rings. The highest BCUT2D eigenvalue weighted by molar-refractivity contribution is 6.26. The standard InChI is InChI=1S/C15H25ClO2/c1-6-13(8-7-11(2)3)14(12(4)5)10-18-15(17)9-16/h6,12-14H,1-2,7-10H2,3-5H3/t13-,14-/m0/s1. The number of hydrogen-bond acceptors (Lipinski definition) is 2. The molecule has 3 heteroatoms. The summed E-state index contributed by atoms with van der Waals surface area (Å²) >= 11 is 5.42. The van der Waals surface area contributed by atoms with Crippen molar-refractivity contribution in [3.8, 4) is 0 Å². The Kier molecular flexibility index (Phi) is 8.82. The van der Waals surface area contributed by atoms with E-state index in [2.05, 4.69) is 27.0 Å². The van der Waals surface area contributed by atoms with Gasteiger partial charge >= 0.3 is 5.97 Å². The maximum atomic E-state index is 11.1. The summed E-state index contributed by atoms with van der Waals surface area (Å²) in [5.41, 5.74) is 1.17. The molecule has 0 aliphatic carbocycles. The van der Waals surface area contributed by atoms with Crippen LogP contribution in [0.2, 0.25) is 0 Å². The molecule has 0 N–H and O–H groups in total. The number of esters is 1. The molecule has 0 unspecified atom stereocenters. The Morgan fingerprint density at radius 1 is 1.44 bits per heavy atom. The summed E-state index contributed by atoms with van der Waals surface area (Å²) in [6.07, 6.45) is 3.94. The van der Waals surface area contributed by atoms with Gasteiger partial charge in [-0.25, -0.2) is 0 Å². The van der Waals surface area contributed by atoms with Crippen LogP contribution in [0.3, 0.4) is 0 Å². The van der Waals surface area contributed by atoms with Gasteiger partial charge in [0.1, 0.15) is 5.88 Å². The fourth-order valence-electron chi connectivity index (χ4n) is 1.96. The van der Waals surface area contributed by atoms with E-state index in [1.807, 2.05) is 13.0 Å². The smallest absolute Gasteiger partial charge is 0.320 e. The number of carbonyl (C=O) groups excluding carboxylic acids is 1. The zero-order valence-corrected chi connectivity index (χ0v) is 12.5. The molecule has 0 aliphatic rings. The molecule has 0 saturated carbocycles. The van der Waals surface area contributed by atoms with Gasteiger partial charge < -0.3 is 4.74 Å². The van der Waals surface area contributed by atoms with E-state index >= 15 is 0 Å². The summed E-state index contributed by atoms with van der Waals surface area (Å²) in [7, 11) is 0. The minimum atomic E-state index is -0.356. The van der Waals surface area contributed by atoms with Crippen LogP contribution in [-0.4, -0.2) is 18.5 Å². The van der Waals surface area contributed by atoms with Crippen molar-refractivity contribution in [1.29, 1.82) is 0 Å². The molecule has 104 valence electrons. The number of carbonyl (C=O) groups is 1. The van der Waals surface area contributed by atoms with Crippen LogP contribution in [0.25, 0.3) is 0 Å². The Labute approximate surface area is 116 Å². The van der Waals surface area contributed by atoms with Crippen molar-refractivity contribution in [2.45, 2.75) is 33.6 Å². The van der Waals surface area contributed by atoms with E-state index in [4.69, 9.17) is 16.3 Å². The molecule has 0 spiro atoms. The van der Waals surface area contributed by atoms with Crippen molar-refractivity contribution < 1.29 is 9.53 Å². The van der Waals surface area contributed by atoms with E-state index in [1.54, 1.807) is 0 Å². The molecule has 0 heterocycles. The Morgan fingerprint density at radius 3 is 2.44 bits per heavy atom. The minimum absolute atomic E-state index is 0.0880. The van der Waals surface area contributed by atoms with Crippen molar-refractivity contribution in [1.82, 2.24) is 0 Å². The number of allylic oxidation sites excluding steroid dienone is 2. The van der Waals surface area contributed by atoms with Gasteiger partial charge in [0.05, 0.1) is 6.61 Å². The maximum absolute atomic E-state index is 11.1. The first-order valence-corrected chi connectivity index (χ1v) is 6.94. The lowest BCUT2D eigenvalue weighted by molar-refractivity contribution is -0.142. The summed E-state index contributed by atoms with van der Waals surface area (Å²) < 4.78 is 5.16. The van der Waals surface area contributed by atoms with Crippen LogP contribution in [0, 0.1) is 17.8 Å². The van der Waals surface area contributed by atoms with Gasteiger partial charge in [-0.3, -0.25) is 4.79 Å². The number of rotatable bonds is 9. The molecule has 0 amide bonds. The predicted octanol–water partition coefficient (Wildman–Crippen LogP) is 4.20. The topological polar surface area (TPSA) is 26.3 Å². The Hall–Kier alpha value is -0.760. The van der Waals surface area contributed by atoms with Gasteiger partial charge in [0.15, 0.2) is 0 Å². The van der Waals surface area contributed by atoms with Crippen LogP contribution in [0.15, 0.2) is 24.8 Å². The zero-order chi connectivity index (χ0) is 14.1. The molecule has 0 saturated heterocycles. The summed E-state index contributed by atoms with van der Waals surface area (Å²) in [5.74, 6) is 0.611. The molecule has 0 aromatic heterocycles. The summed E-state index contributed by atoms with van der Waals surface area (Å²) in [4.78, 5) is 11.1. The van der Waals surface area contributed by atoms with E-state index < -0.39 is 0 Å². The van der Waals surface area contributed by atoms with Crippen LogP contribution < -0.4 is 0 Å². The number of hydrogen-bond donors (Lipinski definition) is 0. The minimum Gasteiger partial charge on any atom is -0.464 e. The van der Waals surface area contributed by atoms with E-state index in [0.29, 0.717) is 18.4 Å². The van der Waals surface area contributed by atoms with E-state index in [-0.39, 0.29) is 17.8 Å². The molecule has 0 aliphatic heterocycles. The molecule has 2 atom stereocenters. The number of halogens is 1. The van der Waals surface area contributed by atoms with Crippen molar-refractivity contribution in [3.63, 3.8) is 0 Å². The summed E-state index contributed by atoms with van der Waals surface area (Å²) in [6, 6.07) is 0. The van der Waals surface area contributed by atoms with Gasteiger partial charge in [-0.05, 0) is 31.6 Å². The Balaban J connectivity index is 4.47. The molecule has 0 aromatic rings. The second-order valence-corrected chi connectivity index (χ2v) is 5.39. The van der Waals surface area contributed by atoms with Gasteiger partial charge in [-0.15, -0.1) is 24.8 Å². The fraction of sp³-hybridized carbons (Fsp3) is 0.667. The van der Waals surface area contributed by atoms with Crippen LogP contribution in [0.4, 0.5) is 0 Å². The first-order chi connectivity index (χ1) is 8.42. The van der Waals surface area contributed by atoms with Gasteiger partial charge in [-0.2, -0.15) is 0 Å². The summed E-state index contributed by atoms with van der Waals surface area (Å²) in [5, 5.41) is 0. The molecule has 0 rings (SSSR count). The lowest BCUT2D eigenvalue weighted by Crippen LogP contribution is -2.26. The van der Waals surface area contributed by atoms with Crippen LogP contribution >= 0.6 is 11.6 Å². The highest BCUT2D eigenvalue weighted by Gasteiger charge is 2.23. The highest BCUT2D eigenvalue weighted by Crippen LogP contribution is 2.27. The Morgan fingerprint density at radius 2 is 2.06 bits per heavy atom. The number of alkyl halides is 1. The van der Waals surface area contributed by atoms with Gasteiger partial charge in [0.25, 0.3) is 0 Å². The lowest BCUT2D eigenvalue weighted by Gasteiger charge is -2.27. The third-order valence-electron chi connectivity index (χ3n) is 3.16. The Bertz CT molecular complexity index is 284. The second kappa shape index (κ2) is 9.21. The van der Waals surface area contributed by atoms with Crippen LogP contribution in [-0.2, 0) is 9.53 Å². The summed E-state index contributed by atoms with van der Waals surface area (Å²) in [6.45, 7) is 14.5.